The van der Waals surface area contributed by atoms with E-state index in [-0.39, 0.29) is 16.8 Å². The molecule has 0 saturated carbocycles. The van der Waals surface area contributed by atoms with E-state index in [1.54, 1.807) is 6.07 Å². The van der Waals surface area contributed by atoms with Crippen LogP contribution in [0.1, 0.15) is 20.7 Å². The van der Waals surface area contributed by atoms with Crippen LogP contribution in [-0.4, -0.2) is 22.2 Å². The van der Waals surface area contributed by atoms with Crippen molar-refractivity contribution in [3.63, 3.8) is 0 Å². The Hall–Kier alpha value is -2.89. The summed E-state index contributed by atoms with van der Waals surface area (Å²) in [6.45, 7) is 0. The van der Waals surface area contributed by atoms with E-state index in [1.807, 2.05) is 0 Å². The van der Waals surface area contributed by atoms with Crippen molar-refractivity contribution in [1.82, 2.24) is 0 Å². The van der Waals surface area contributed by atoms with E-state index < -0.39 is 17.8 Å². The summed E-state index contributed by atoms with van der Waals surface area (Å²) >= 11 is 0. The maximum absolute atomic E-state index is 13.0. The second kappa shape index (κ2) is 5.40. The molecule has 0 aliphatic heterocycles. The van der Waals surface area contributed by atoms with Crippen LogP contribution in [0, 0.1) is 5.82 Å². The zero-order chi connectivity index (χ0) is 14.7. The number of benzene rings is 2. The maximum atomic E-state index is 13.0. The molecule has 20 heavy (non-hydrogen) atoms. The number of carboxylic acid groups (broad SMARTS) is 2. The Morgan fingerprint density at radius 1 is 1.00 bits per heavy atom. The molecule has 0 saturated heterocycles. The zero-order valence-electron chi connectivity index (χ0n) is 10.1. The number of hydrogen-bond donors (Lipinski definition) is 3. The van der Waals surface area contributed by atoms with E-state index in [9.17, 15) is 14.0 Å². The molecule has 5 nitrogen and oxygen atoms in total. The second-order valence-corrected chi connectivity index (χ2v) is 4.01. The summed E-state index contributed by atoms with van der Waals surface area (Å²) in [5.74, 6) is -3.03. The zero-order valence-corrected chi connectivity index (χ0v) is 10.1. The number of rotatable bonds is 4. The predicted octanol–water partition coefficient (Wildman–Crippen LogP) is 2.97. The van der Waals surface area contributed by atoms with Gasteiger partial charge in [-0.15, -0.1) is 0 Å². The van der Waals surface area contributed by atoms with Gasteiger partial charge in [0.15, 0.2) is 0 Å². The Bertz CT molecular complexity index is 685. The third-order valence-electron chi connectivity index (χ3n) is 2.60. The molecule has 0 spiro atoms. The van der Waals surface area contributed by atoms with Crippen molar-refractivity contribution in [2.75, 3.05) is 5.32 Å². The summed E-state index contributed by atoms with van der Waals surface area (Å²) in [4.78, 5) is 21.9. The molecule has 0 fully saturated rings. The highest BCUT2D eigenvalue weighted by Crippen LogP contribution is 2.22. The summed E-state index contributed by atoms with van der Waals surface area (Å²) in [6, 6.07) is 9.18. The Morgan fingerprint density at radius 2 is 1.75 bits per heavy atom. The van der Waals surface area contributed by atoms with Crippen LogP contribution in [0.25, 0.3) is 0 Å². The maximum Gasteiger partial charge on any atom is 0.337 e. The quantitative estimate of drug-likeness (QED) is 0.798. The smallest absolute Gasteiger partial charge is 0.337 e. The Morgan fingerprint density at radius 3 is 2.40 bits per heavy atom. The minimum Gasteiger partial charge on any atom is -0.478 e. The molecular weight excluding hydrogens is 265 g/mol. The number of halogens is 1. The van der Waals surface area contributed by atoms with Crippen molar-refractivity contribution in [1.29, 1.82) is 0 Å². The predicted molar refractivity (Wildman–Crippen MR) is 70.0 cm³/mol. The van der Waals surface area contributed by atoms with Gasteiger partial charge in [0.25, 0.3) is 0 Å². The van der Waals surface area contributed by atoms with Crippen molar-refractivity contribution in [3.8, 4) is 0 Å². The lowest BCUT2D eigenvalue weighted by Crippen LogP contribution is -2.04. The molecule has 0 unspecified atom stereocenters. The van der Waals surface area contributed by atoms with Gasteiger partial charge in [-0.2, -0.15) is 0 Å². The molecule has 0 radical (unpaired) electrons. The van der Waals surface area contributed by atoms with Crippen molar-refractivity contribution in [2.24, 2.45) is 0 Å². The molecule has 102 valence electrons. The topological polar surface area (TPSA) is 86.6 Å². The lowest BCUT2D eigenvalue weighted by atomic mass is 10.1. The van der Waals surface area contributed by atoms with Crippen LogP contribution in [0.2, 0.25) is 0 Å². The fourth-order valence-electron chi connectivity index (χ4n) is 1.69. The molecule has 6 heteroatoms. The van der Waals surface area contributed by atoms with Gasteiger partial charge in [-0.1, -0.05) is 6.07 Å². The molecule has 3 N–H and O–H groups in total. The van der Waals surface area contributed by atoms with Crippen molar-refractivity contribution in [3.05, 3.63) is 59.4 Å². The van der Waals surface area contributed by atoms with Crippen LogP contribution in [0.5, 0.6) is 0 Å². The SMILES string of the molecule is O=C(O)c1cccc(Nc2ccc(F)cc2C(=O)O)c1. The molecule has 0 heterocycles. The first kappa shape index (κ1) is 13.5. The minimum atomic E-state index is -1.28. The molecule has 2 rings (SSSR count). The Kier molecular flexibility index (Phi) is 3.65. The van der Waals surface area contributed by atoms with Crippen LogP contribution < -0.4 is 5.32 Å². The highest BCUT2D eigenvalue weighted by molar-refractivity contribution is 5.95. The Labute approximate surface area is 113 Å². The van der Waals surface area contributed by atoms with Gasteiger partial charge in [0.1, 0.15) is 5.82 Å². The van der Waals surface area contributed by atoms with Crippen LogP contribution in [0.15, 0.2) is 42.5 Å². The molecule has 0 bridgehead atoms. The van der Waals surface area contributed by atoms with Crippen molar-refractivity contribution < 1.29 is 24.2 Å². The van der Waals surface area contributed by atoms with Crippen LogP contribution in [-0.2, 0) is 0 Å². The van der Waals surface area contributed by atoms with Gasteiger partial charge >= 0.3 is 11.9 Å². The number of carboxylic acids is 2. The second-order valence-electron chi connectivity index (χ2n) is 4.01. The minimum absolute atomic E-state index is 0.0639. The molecular formula is C14H10FNO4. The normalized spacial score (nSPS) is 10.1. The lowest BCUT2D eigenvalue weighted by molar-refractivity contribution is 0.0686. The van der Waals surface area contributed by atoms with Gasteiger partial charge in [-0.25, -0.2) is 14.0 Å². The number of carbonyl (C=O) groups is 2. The van der Waals surface area contributed by atoms with E-state index in [0.29, 0.717) is 5.69 Å². The first-order chi connectivity index (χ1) is 9.47. The molecule has 0 aromatic heterocycles. The van der Waals surface area contributed by atoms with Gasteiger partial charge in [-0.3, -0.25) is 0 Å². The summed E-state index contributed by atoms with van der Waals surface area (Å²) in [7, 11) is 0. The summed E-state index contributed by atoms with van der Waals surface area (Å²) in [5.41, 5.74) is 0.417. The molecule has 0 aliphatic rings. The molecule has 0 atom stereocenters. The number of aromatic carboxylic acids is 2. The van der Waals surface area contributed by atoms with Gasteiger partial charge in [0.05, 0.1) is 16.8 Å². The first-order valence-corrected chi connectivity index (χ1v) is 5.60. The molecule has 0 amide bonds. The summed E-state index contributed by atoms with van der Waals surface area (Å²) in [5, 5.41) is 20.7. The first-order valence-electron chi connectivity index (χ1n) is 5.60. The van der Waals surface area contributed by atoms with Crippen molar-refractivity contribution in [2.45, 2.75) is 0 Å². The van der Waals surface area contributed by atoms with Crippen molar-refractivity contribution >= 4 is 23.3 Å². The lowest BCUT2D eigenvalue weighted by Gasteiger charge is -2.10. The third-order valence-corrected chi connectivity index (χ3v) is 2.60. The fourth-order valence-corrected chi connectivity index (χ4v) is 1.69. The van der Waals surface area contributed by atoms with Gasteiger partial charge in [-0.05, 0) is 36.4 Å². The summed E-state index contributed by atoms with van der Waals surface area (Å²) in [6.07, 6.45) is 0. The summed E-state index contributed by atoms with van der Waals surface area (Å²) < 4.78 is 13.0. The molecule has 2 aromatic rings. The van der Waals surface area contributed by atoms with E-state index in [1.165, 1.54) is 24.3 Å². The van der Waals surface area contributed by atoms with Gasteiger partial charge in [0.2, 0.25) is 0 Å². The highest BCUT2D eigenvalue weighted by atomic mass is 19.1. The average molecular weight is 275 g/mol. The van der Waals surface area contributed by atoms with E-state index in [2.05, 4.69) is 5.32 Å². The van der Waals surface area contributed by atoms with E-state index in [4.69, 9.17) is 10.2 Å². The van der Waals surface area contributed by atoms with Crippen LogP contribution >= 0.6 is 0 Å². The van der Waals surface area contributed by atoms with Gasteiger partial charge < -0.3 is 15.5 Å². The monoisotopic (exact) mass is 275 g/mol. The Balaban J connectivity index is 2.37. The number of anilines is 2. The molecule has 0 aliphatic carbocycles. The van der Waals surface area contributed by atoms with Gasteiger partial charge in [0, 0.05) is 5.69 Å². The highest BCUT2D eigenvalue weighted by Gasteiger charge is 2.12. The average Bonchev–Trinajstić information content (AvgIpc) is 2.41. The number of nitrogens with one attached hydrogen (secondary N) is 1. The van der Waals surface area contributed by atoms with E-state index in [0.717, 1.165) is 12.1 Å². The van der Waals surface area contributed by atoms with Crippen LogP contribution in [0.4, 0.5) is 15.8 Å². The fraction of sp³-hybridized carbons (Fsp3) is 0. The third kappa shape index (κ3) is 2.92. The largest absolute Gasteiger partial charge is 0.478 e. The van der Waals surface area contributed by atoms with Crippen LogP contribution in [0.3, 0.4) is 0 Å². The number of hydrogen-bond acceptors (Lipinski definition) is 3. The standard InChI is InChI=1S/C14H10FNO4/c15-9-4-5-12(11(7-9)14(19)20)16-10-3-1-2-8(6-10)13(17)18/h1-7,16H,(H,17,18)(H,19,20). The molecule has 2 aromatic carbocycles. The van der Waals surface area contributed by atoms with E-state index >= 15 is 0 Å².